The van der Waals surface area contributed by atoms with Gasteiger partial charge in [0.1, 0.15) is 10.7 Å². The first kappa shape index (κ1) is 6.31. The third kappa shape index (κ3) is 1.20. The Morgan fingerprint density at radius 2 is 2.40 bits per heavy atom. The van der Waals surface area contributed by atoms with Gasteiger partial charge in [0.15, 0.2) is 0 Å². The van der Waals surface area contributed by atoms with Crippen molar-refractivity contribution in [2.75, 3.05) is 6.61 Å². The topological polar surface area (TPSA) is 25.4 Å². The molecule has 1 aromatic rings. The van der Waals surface area contributed by atoms with Crippen molar-refractivity contribution in [1.29, 1.82) is 0 Å². The SMILES string of the molecule is Brc1cccc(C2CO2)n1. The van der Waals surface area contributed by atoms with E-state index >= 15 is 0 Å². The number of hydrogen-bond donors (Lipinski definition) is 0. The molecule has 2 nitrogen and oxygen atoms in total. The van der Waals surface area contributed by atoms with Crippen LogP contribution < -0.4 is 0 Å². The van der Waals surface area contributed by atoms with Crippen molar-refractivity contribution in [3.63, 3.8) is 0 Å². The molecule has 0 aliphatic carbocycles. The van der Waals surface area contributed by atoms with Gasteiger partial charge in [-0.05, 0) is 28.1 Å². The molecule has 2 rings (SSSR count). The molecule has 0 saturated carbocycles. The Kier molecular flexibility index (Phi) is 1.47. The molecule has 0 spiro atoms. The smallest absolute Gasteiger partial charge is 0.123 e. The molecule has 2 heterocycles. The maximum atomic E-state index is 5.07. The standard InChI is InChI=1S/C7H6BrNO/c8-7-3-1-2-5(9-7)6-4-10-6/h1-3,6H,4H2. The first-order valence-corrected chi connectivity index (χ1v) is 3.89. The van der Waals surface area contributed by atoms with Crippen molar-refractivity contribution in [3.05, 3.63) is 28.5 Å². The first-order chi connectivity index (χ1) is 4.86. The van der Waals surface area contributed by atoms with Crippen molar-refractivity contribution < 1.29 is 4.74 Å². The fraction of sp³-hybridized carbons (Fsp3) is 0.286. The van der Waals surface area contributed by atoms with Crippen LogP contribution in [0.2, 0.25) is 0 Å². The van der Waals surface area contributed by atoms with Crippen molar-refractivity contribution >= 4 is 15.9 Å². The van der Waals surface area contributed by atoms with Gasteiger partial charge in [-0.15, -0.1) is 0 Å². The average molecular weight is 200 g/mol. The lowest BCUT2D eigenvalue weighted by atomic mass is 10.3. The second kappa shape index (κ2) is 2.32. The predicted octanol–water partition coefficient (Wildman–Crippen LogP) is 1.92. The molecule has 52 valence electrons. The summed E-state index contributed by atoms with van der Waals surface area (Å²) < 4.78 is 5.94. The van der Waals surface area contributed by atoms with Gasteiger partial charge in [0.05, 0.1) is 12.3 Å². The number of aromatic nitrogens is 1. The molecule has 3 heteroatoms. The number of pyridine rings is 1. The van der Waals surface area contributed by atoms with E-state index in [-0.39, 0.29) is 6.10 Å². The minimum Gasteiger partial charge on any atom is -0.366 e. The summed E-state index contributed by atoms with van der Waals surface area (Å²) in [4.78, 5) is 4.23. The van der Waals surface area contributed by atoms with Crippen LogP contribution in [-0.4, -0.2) is 11.6 Å². The highest BCUT2D eigenvalue weighted by molar-refractivity contribution is 9.10. The molecule has 1 saturated heterocycles. The van der Waals surface area contributed by atoms with Crippen LogP contribution in [0, 0.1) is 0 Å². The lowest BCUT2D eigenvalue weighted by molar-refractivity contribution is 0.411. The van der Waals surface area contributed by atoms with Crippen LogP contribution >= 0.6 is 15.9 Å². The van der Waals surface area contributed by atoms with Gasteiger partial charge in [0, 0.05) is 0 Å². The number of ether oxygens (including phenoxy) is 1. The van der Waals surface area contributed by atoms with Gasteiger partial charge in [-0.2, -0.15) is 0 Å². The van der Waals surface area contributed by atoms with E-state index in [1.54, 1.807) is 0 Å². The third-order valence-corrected chi connectivity index (χ3v) is 1.84. The molecule has 1 aliphatic rings. The highest BCUT2D eigenvalue weighted by Gasteiger charge is 2.25. The molecule has 0 aromatic carbocycles. The van der Waals surface area contributed by atoms with E-state index in [1.165, 1.54) is 0 Å². The Labute approximate surface area is 67.4 Å². The zero-order chi connectivity index (χ0) is 6.97. The maximum Gasteiger partial charge on any atom is 0.123 e. The van der Waals surface area contributed by atoms with Crippen molar-refractivity contribution in [3.8, 4) is 0 Å². The minimum atomic E-state index is 0.262. The second-order valence-corrected chi connectivity index (χ2v) is 3.02. The number of epoxide rings is 1. The fourth-order valence-corrected chi connectivity index (χ4v) is 1.18. The van der Waals surface area contributed by atoms with Gasteiger partial charge < -0.3 is 4.74 Å². The summed E-state index contributed by atoms with van der Waals surface area (Å²) in [6.07, 6.45) is 0.262. The average Bonchev–Trinajstić information content (AvgIpc) is 2.68. The monoisotopic (exact) mass is 199 g/mol. The molecule has 0 bridgehead atoms. The highest BCUT2D eigenvalue weighted by Crippen LogP contribution is 2.28. The van der Waals surface area contributed by atoms with Crippen molar-refractivity contribution in [1.82, 2.24) is 4.98 Å². The van der Waals surface area contributed by atoms with E-state index < -0.39 is 0 Å². The summed E-state index contributed by atoms with van der Waals surface area (Å²) in [5.41, 5.74) is 1.02. The summed E-state index contributed by atoms with van der Waals surface area (Å²) in [6.45, 7) is 0.823. The number of halogens is 1. The molecule has 1 fully saturated rings. The first-order valence-electron chi connectivity index (χ1n) is 3.10. The summed E-state index contributed by atoms with van der Waals surface area (Å²) in [5.74, 6) is 0. The van der Waals surface area contributed by atoms with Gasteiger partial charge in [-0.1, -0.05) is 6.07 Å². The number of hydrogen-bond acceptors (Lipinski definition) is 2. The van der Waals surface area contributed by atoms with Crippen LogP contribution in [-0.2, 0) is 4.74 Å². The van der Waals surface area contributed by atoms with Crippen LogP contribution in [0.5, 0.6) is 0 Å². The van der Waals surface area contributed by atoms with Gasteiger partial charge in [-0.25, -0.2) is 4.98 Å². The normalized spacial score (nSPS) is 22.7. The van der Waals surface area contributed by atoms with E-state index in [2.05, 4.69) is 20.9 Å². The van der Waals surface area contributed by atoms with Crippen LogP contribution in [0.25, 0.3) is 0 Å². The van der Waals surface area contributed by atoms with Gasteiger partial charge in [0.2, 0.25) is 0 Å². The molecule has 0 N–H and O–H groups in total. The van der Waals surface area contributed by atoms with E-state index in [1.807, 2.05) is 18.2 Å². The Balaban J connectivity index is 2.32. The van der Waals surface area contributed by atoms with E-state index in [0.717, 1.165) is 16.9 Å². The fourth-order valence-electron chi connectivity index (χ4n) is 0.822. The third-order valence-electron chi connectivity index (χ3n) is 1.40. The molecular formula is C7H6BrNO. The quantitative estimate of drug-likeness (QED) is 0.511. The summed E-state index contributed by atoms with van der Waals surface area (Å²) in [5, 5.41) is 0. The Bertz CT molecular complexity index is 247. The molecule has 1 aromatic heterocycles. The van der Waals surface area contributed by atoms with Crippen molar-refractivity contribution in [2.24, 2.45) is 0 Å². The molecular weight excluding hydrogens is 194 g/mol. The van der Waals surface area contributed by atoms with Crippen LogP contribution in [0.4, 0.5) is 0 Å². The summed E-state index contributed by atoms with van der Waals surface area (Å²) >= 11 is 3.29. The van der Waals surface area contributed by atoms with E-state index in [0.29, 0.717) is 0 Å². The van der Waals surface area contributed by atoms with Crippen molar-refractivity contribution in [2.45, 2.75) is 6.10 Å². The largest absolute Gasteiger partial charge is 0.366 e. The Hall–Kier alpha value is -0.410. The molecule has 0 radical (unpaired) electrons. The molecule has 10 heavy (non-hydrogen) atoms. The number of nitrogens with zero attached hydrogens (tertiary/aromatic N) is 1. The van der Waals surface area contributed by atoms with E-state index in [9.17, 15) is 0 Å². The minimum absolute atomic E-state index is 0.262. The molecule has 1 aliphatic heterocycles. The highest BCUT2D eigenvalue weighted by atomic mass is 79.9. The Morgan fingerprint density at radius 1 is 1.60 bits per heavy atom. The zero-order valence-electron chi connectivity index (χ0n) is 5.25. The Morgan fingerprint density at radius 3 is 3.00 bits per heavy atom. The molecule has 0 amide bonds. The van der Waals surface area contributed by atoms with Gasteiger partial charge in [-0.3, -0.25) is 0 Å². The predicted molar refractivity (Wildman–Crippen MR) is 40.6 cm³/mol. The van der Waals surface area contributed by atoms with Gasteiger partial charge >= 0.3 is 0 Å². The molecule has 1 atom stereocenters. The molecule has 1 unspecified atom stereocenters. The van der Waals surface area contributed by atoms with Crippen LogP contribution in [0.3, 0.4) is 0 Å². The maximum absolute atomic E-state index is 5.07. The van der Waals surface area contributed by atoms with E-state index in [4.69, 9.17) is 4.74 Å². The number of rotatable bonds is 1. The summed E-state index contributed by atoms with van der Waals surface area (Å²) in [6, 6.07) is 5.85. The summed E-state index contributed by atoms with van der Waals surface area (Å²) in [7, 11) is 0. The lowest BCUT2D eigenvalue weighted by Gasteiger charge is -1.93. The second-order valence-electron chi connectivity index (χ2n) is 2.21. The van der Waals surface area contributed by atoms with Crippen LogP contribution in [0.15, 0.2) is 22.8 Å². The van der Waals surface area contributed by atoms with Crippen LogP contribution in [0.1, 0.15) is 11.8 Å². The van der Waals surface area contributed by atoms with Gasteiger partial charge in [0.25, 0.3) is 0 Å². The zero-order valence-corrected chi connectivity index (χ0v) is 6.84. The lowest BCUT2D eigenvalue weighted by Crippen LogP contribution is -1.85.